The van der Waals surface area contributed by atoms with Crippen LogP contribution in [0.15, 0.2) is 167 Å². The second-order valence-corrected chi connectivity index (χ2v) is 14.3. The van der Waals surface area contributed by atoms with E-state index < -0.39 is 0 Å². The molecule has 6 heteroatoms. The summed E-state index contributed by atoms with van der Waals surface area (Å²) in [5.74, 6) is 0. The van der Waals surface area contributed by atoms with Gasteiger partial charge in [-0.25, -0.2) is 0 Å². The highest BCUT2D eigenvalue weighted by Gasteiger charge is 2.22. The van der Waals surface area contributed by atoms with Crippen molar-refractivity contribution in [3.63, 3.8) is 0 Å². The minimum absolute atomic E-state index is 0.478. The molecule has 12 rings (SSSR count). The molecule has 0 aliphatic heterocycles. The molecule has 0 amide bonds. The summed E-state index contributed by atoms with van der Waals surface area (Å²) < 4.78 is 17.3. The Balaban J connectivity index is 1.02. The Hall–Kier alpha value is -8.06. The minimum Gasteiger partial charge on any atom is -0.455 e. The van der Waals surface area contributed by atoms with Gasteiger partial charge in [0.15, 0.2) is 0 Å². The maximum Gasteiger partial charge on any atom is 0.145 e. The van der Waals surface area contributed by atoms with Crippen molar-refractivity contribution in [3.8, 4) is 34.6 Å². The second-order valence-electron chi connectivity index (χ2n) is 14.3. The fourth-order valence-corrected chi connectivity index (χ4v) is 9.02. The molecule has 4 heterocycles. The number of hydrogen-bond donors (Lipinski definition) is 0. The van der Waals surface area contributed by atoms with E-state index in [4.69, 9.17) is 8.83 Å². The average molecular weight is 715 g/mol. The molecule has 0 spiro atoms. The van der Waals surface area contributed by atoms with Crippen molar-refractivity contribution < 1.29 is 8.83 Å². The summed E-state index contributed by atoms with van der Waals surface area (Å²) >= 11 is 0. The van der Waals surface area contributed by atoms with Crippen LogP contribution in [0.4, 0.5) is 0 Å². The zero-order chi connectivity index (χ0) is 37.1. The first-order chi connectivity index (χ1) is 27.7. The highest BCUT2D eigenvalue weighted by atomic mass is 16.3. The predicted molar refractivity (Wildman–Crippen MR) is 225 cm³/mol. The fourth-order valence-electron chi connectivity index (χ4n) is 9.02. The van der Waals surface area contributed by atoms with Crippen molar-refractivity contribution >= 4 is 87.5 Å². The van der Waals surface area contributed by atoms with Crippen molar-refractivity contribution in [2.75, 3.05) is 0 Å². The molecular weight excluding hydrogens is 689 g/mol. The van der Waals surface area contributed by atoms with Crippen LogP contribution in [0.3, 0.4) is 0 Å². The van der Waals surface area contributed by atoms with Gasteiger partial charge in [0.2, 0.25) is 0 Å². The van der Waals surface area contributed by atoms with E-state index in [2.05, 4.69) is 81.9 Å². The van der Waals surface area contributed by atoms with Crippen LogP contribution in [0.2, 0.25) is 0 Å². The molecule has 0 bridgehead atoms. The molecule has 56 heavy (non-hydrogen) atoms. The number of aromatic nitrogens is 2. The SMILES string of the molecule is N#Cc1cc(-n2c3ccccc3c3c4oc5ccccc5c4ccc32)ccc1-c1ccc(-n2c3ccccc3c3c4oc5ccccc5c4ccc32)cc1C#N. The molecule has 0 fully saturated rings. The summed E-state index contributed by atoms with van der Waals surface area (Å²) in [4.78, 5) is 0. The van der Waals surface area contributed by atoms with Gasteiger partial charge in [-0.1, -0.05) is 84.9 Å². The highest BCUT2D eigenvalue weighted by Crippen LogP contribution is 2.43. The van der Waals surface area contributed by atoms with Crippen LogP contribution in [0.1, 0.15) is 11.1 Å². The number of benzene rings is 8. The smallest absolute Gasteiger partial charge is 0.145 e. The number of hydrogen-bond acceptors (Lipinski definition) is 4. The zero-order valence-electron chi connectivity index (χ0n) is 29.6. The molecule has 0 aliphatic carbocycles. The Labute approximate surface area is 318 Å². The highest BCUT2D eigenvalue weighted by molar-refractivity contribution is 6.25. The fraction of sp³-hybridized carbons (Fsp3) is 0. The maximum atomic E-state index is 10.6. The van der Waals surface area contributed by atoms with Crippen LogP contribution in [-0.2, 0) is 0 Å². The third kappa shape index (κ3) is 4.02. The Kier molecular flexibility index (Phi) is 6.10. The molecule has 4 aromatic heterocycles. The van der Waals surface area contributed by atoms with E-state index in [9.17, 15) is 10.5 Å². The summed E-state index contributed by atoms with van der Waals surface area (Å²) in [7, 11) is 0. The molecule has 12 aromatic rings. The van der Waals surface area contributed by atoms with Gasteiger partial charge in [0, 0.05) is 54.8 Å². The van der Waals surface area contributed by atoms with E-state index in [1.165, 1.54) is 0 Å². The van der Waals surface area contributed by atoms with Gasteiger partial charge in [-0.05, 0) is 72.8 Å². The molecule has 0 atom stereocenters. The minimum atomic E-state index is 0.478. The summed E-state index contributed by atoms with van der Waals surface area (Å²) in [5.41, 5.74) is 11.5. The quantitative estimate of drug-likeness (QED) is 0.182. The molecule has 0 saturated heterocycles. The molecule has 0 saturated carbocycles. The van der Waals surface area contributed by atoms with Gasteiger partial charge in [0.05, 0.1) is 56.1 Å². The Morgan fingerprint density at radius 1 is 0.375 bits per heavy atom. The summed E-state index contributed by atoms with van der Waals surface area (Å²) in [6, 6.07) is 58.1. The third-order valence-corrected chi connectivity index (χ3v) is 11.4. The van der Waals surface area contributed by atoms with Crippen molar-refractivity contribution in [1.82, 2.24) is 9.13 Å². The van der Waals surface area contributed by atoms with Crippen LogP contribution in [0, 0.1) is 22.7 Å². The Morgan fingerprint density at radius 3 is 1.23 bits per heavy atom. The monoisotopic (exact) mass is 714 g/mol. The lowest BCUT2D eigenvalue weighted by Crippen LogP contribution is -1.98. The molecule has 258 valence electrons. The number of furan rings is 2. The third-order valence-electron chi connectivity index (χ3n) is 11.4. The van der Waals surface area contributed by atoms with E-state index >= 15 is 0 Å². The molecule has 6 nitrogen and oxygen atoms in total. The van der Waals surface area contributed by atoms with E-state index in [0.717, 1.165) is 98.9 Å². The number of rotatable bonds is 3. The molecule has 0 aliphatic rings. The first kappa shape index (κ1) is 30.4. The second kappa shape index (κ2) is 11.2. The summed E-state index contributed by atoms with van der Waals surface area (Å²) in [6.07, 6.45) is 0. The molecule has 8 aromatic carbocycles. The Bertz CT molecular complexity index is 3500. The van der Waals surface area contributed by atoms with Crippen LogP contribution < -0.4 is 0 Å². The lowest BCUT2D eigenvalue weighted by atomic mass is 9.95. The molecule has 0 unspecified atom stereocenters. The van der Waals surface area contributed by atoms with Gasteiger partial charge in [-0.3, -0.25) is 0 Å². The van der Waals surface area contributed by atoms with E-state index in [0.29, 0.717) is 22.3 Å². The van der Waals surface area contributed by atoms with Crippen molar-refractivity contribution in [2.24, 2.45) is 0 Å². The largest absolute Gasteiger partial charge is 0.455 e. The van der Waals surface area contributed by atoms with E-state index in [1.807, 2.05) is 97.1 Å². The molecule has 0 N–H and O–H groups in total. The number of nitrogens with zero attached hydrogens (tertiary/aromatic N) is 4. The first-order valence-corrected chi connectivity index (χ1v) is 18.5. The Morgan fingerprint density at radius 2 is 0.786 bits per heavy atom. The first-order valence-electron chi connectivity index (χ1n) is 18.5. The van der Waals surface area contributed by atoms with Crippen molar-refractivity contribution in [2.45, 2.75) is 0 Å². The molecular formula is C50H26N4O2. The van der Waals surface area contributed by atoms with Crippen molar-refractivity contribution in [1.29, 1.82) is 10.5 Å². The standard InChI is InChI=1S/C50H26N4O2/c51-27-29-25-31(53-41-13-5-1-11-39(41)47-43(53)23-21-37-35-9-3-7-15-45(35)55-49(37)47)17-19-33(29)34-20-18-32(26-30(34)28-52)54-42-14-6-2-12-40(42)48-44(54)24-22-38-36-10-4-8-16-46(36)56-50(38)48/h1-26H. The zero-order valence-corrected chi connectivity index (χ0v) is 29.6. The number of para-hydroxylation sites is 4. The average Bonchev–Trinajstić information content (AvgIpc) is 4.00. The van der Waals surface area contributed by atoms with Gasteiger partial charge < -0.3 is 18.0 Å². The summed E-state index contributed by atoms with van der Waals surface area (Å²) in [6.45, 7) is 0. The number of fused-ring (bicyclic) bond motifs is 14. The summed E-state index contributed by atoms with van der Waals surface area (Å²) in [5, 5.41) is 29.8. The van der Waals surface area contributed by atoms with Gasteiger partial charge in [0.25, 0.3) is 0 Å². The van der Waals surface area contributed by atoms with Crippen LogP contribution in [0.5, 0.6) is 0 Å². The lowest BCUT2D eigenvalue weighted by Gasteiger charge is -2.14. The van der Waals surface area contributed by atoms with E-state index in [-0.39, 0.29) is 0 Å². The van der Waals surface area contributed by atoms with Gasteiger partial charge in [0.1, 0.15) is 22.3 Å². The van der Waals surface area contributed by atoms with Gasteiger partial charge in [-0.2, -0.15) is 10.5 Å². The van der Waals surface area contributed by atoms with Gasteiger partial charge >= 0.3 is 0 Å². The molecule has 0 radical (unpaired) electrons. The topological polar surface area (TPSA) is 83.7 Å². The number of nitriles is 2. The lowest BCUT2D eigenvalue weighted by molar-refractivity contribution is 0.672. The normalized spacial score (nSPS) is 11.9. The predicted octanol–water partition coefficient (Wildman–Crippen LogP) is 13.1. The maximum absolute atomic E-state index is 10.6. The van der Waals surface area contributed by atoms with E-state index in [1.54, 1.807) is 0 Å². The van der Waals surface area contributed by atoms with Crippen LogP contribution in [-0.4, -0.2) is 9.13 Å². The van der Waals surface area contributed by atoms with Gasteiger partial charge in [-0.15, -0.1) is 0 Å². The van der Waals surface area contributed by atoms with Crippen molar-refractivity contribution in [3.05, 3.63) is 169 Å². The van der Waals surface area contributed by atoms with Crippen LogP contribution in [0.25, 0.3) is 110 Å². The van der Waals surface area contributed by atoms with Crippen LogP contribution >= 0.6 is 0 Å².